The fourth-order valence-corrected chi connectivity index (χ4v) is 5.74. The Labute approximate surface area is 188 Å². The number of hydrazine groups is 2. The molecule has 6 aromatic rings. The lowest BCUT2D eigenvalue weighted by atomic mass is 9.94. The van der Waals surface area contributed by atoms with Crippen LogP contribution < -0.4 is 15.6 Å². The minimum Gasteiger partial charge on any atom is -0.295 e. The summed E-state index contributed by atoms with van der Waals surface area (Å²) < 4.78 is 0. The first-order valence-corrected chi connectivity index (χ1v) is 12.3. The summed E-state index contributed by atoms with van der Waals surface area (Å²) in [6.45, 7) is 1.01. The van der Waals surface area contributed by atoms with Crippen LogP contribution >= 0.6 is 0 Å². The van der Waals surface area contributed by atoms with Crippen LogP contribution in [0.3, 0.4) is 0 Å². The van der Waals surface area contributed by atoms with Gasteiger partial charge in [0.15, 0.2) is 9.68 Å². The Morgan fingerprint density at radius 2 is 1.19 bits per heavy atom. The molecule has 0 spiro atoms. The highest BCUT2D eigenvalue weighted by Crippen LogP contribution is 2.36. The number of hydrogen-bond donors (Lipinski definition) is 2. The summed E-state index contributed by atoms with van der Waals surface area (Å²) in [5.41, 5.74) is 4.58. The average Bonchev–Trinajstić information content (AvgIpc) is 2.85. The molecule has 0 atom stereocenters. The Bertz CT molecular complexity index is 1670. The summed E-state index contributed by atoms with van der Waals surface area (Å²) in [5.74, 6) is 0. The zero-order chi connectivity index (χ0) is 21.1. The van der Waals surface area contributed by atoms with Crippen molar-refractivity contribution in [3.8, 4) is 0 Å². The predicted octanol–water partition coefficient (Wildman–Crippen LogP) is 6.32. The Morgan fingerprint density at radius 3 is 1.94 bits per heavy atom. The molecule has 3 nitrogen and oxygen atoms in total. The van der Waals surface area contributed by atoms with E-state index in [1.54, 1.807) is 0 Å². The first-order chi connectivity index (χ1) is 15.8. The van der Waals surface area contributed by atoms with E-state index in [9.17, 15) is 0 Å². The molecule has 0 unspecified atom stereocenters. The molecular formula is C28H21N3Si. The first kappa shape index (κ1) is 18.2. The second kappa shape index (κ2) is 7.04. The van der Waals surface area contributed by atoms with Crippen molar-refractivity contribution in [1.29, 1.82) is 0 Å². The van der Waals surface area contributed by atoms with E-state index in [4.69, 9.17) is 0 Å². The maximum Gasteiger partial charge on any atom is 0.162 e. The number of hydrogen-bond acceptors (Lipinski definition) is 3. The molecule has 1 saturated heterocycles. The number of anilines is 1. The fourth-order valence-electron chi connectivity index (χ4n) is 5.07. The third kappa shape index (κ3) is 2.81. The summed E-state index contributed by atoms with van der Waals surface area (Å²) in [7, 11) is 0.761. The van der Waals surface area contributed by atoms with Crippen molar-refractivity contribution >= 4 is 69.2 Å². The molecular weight excluding hydrogens is 406 g/mol. The molecule has 4 heteroatoms. The minimum absolute atomic E-state index is 0.761. The van der Waals surface area contributed by atoms with Gasteiger partial charge in [0, 0.05) is 11.9 Å². The van der Waals surface area contributed by atoms with Gasteiger partial charge >= 0.3 is 0 Å². The predicted molar refractivity (Wildman–Crippen MR) is 138 cm³/mol. The van der Waals surface area contributed by atoms with E-state index < -0.39 is 0 Å². The van der Waals surface area contributed by atoms with Crippen LogP contribution in [0.5, 0.6) is 0 Å². The number of benzene rings is 6. The summed E-state index contributed by atoms with van der Waals surface area (Å²) in [6, 6.07) is 34.9. The lowest BCUT2D eigenvalue weighted by Gasteiger charge is -2.30. The molecule has 32 heavy (non-hydrogen) atoms. The topological polar surface area (TPSA) is 27.3 Å². The highest BCUT2D eigenvalue weighted by molar-refractivity contribution is 6.32. The van der Waals surface area contributed by atoms with Crippen molar-refractivity contribution in [2.24, 2.45) is 0 Å². The highest BCUT2D eigenvalue weighted by Gasteiger charge is 2.14. The molecule has 0 amide bonds. The quantitative estimate of drug-likeness (QED) is 0.183. The molecule has 1 aliphatic heterocycles. The molecule has 1 heterocycles. The molecule has 0 aromatic heterocycles. The molecule has 0 aliphatic carbocycles. The van der Waals surface area contributed by atoms with E-state index >= 15 is 0 Å². The van der Waals surface area contributed by atoms with Crippen molar-refractivity contribution in [3.05, 3.63) is 91.0 Å². The standard InChI is InChI=1S/C28H21N3Si/c1-2-5-19-13-24-16-25-22(15-23(24)12-18(19)4-1)9-8-21-14-20-6-3-7-28(27(20)17-26(21)25)31-10-11-32-30-29-31/h1-9,12-17,29-30H,10-11H2. The van der Waals surface area contributed by atoms with Gasteiger partial charge in [-0.25, -0.2) is 0 Å². The zero-order valence-electron chi connectivity index (χ0n) is 17.5. The summed E-state index contributed by atoms with van der Waals surface area (Å²) in [6.07, 6.45) is 0. The molecule has 1 fully saturated rings. The minimum atomic E-state index is 0.761. The van der Waals surface area contributed by atoms with Gasteiger partial charge in [-0.1, -0.05) is 48.5 Å². The first-order valence-electron chi connectivity index (χ1n) is 11.1. The van der Waals surface area contributed by atoms with Gasteiger partial charge < -0.3 is 0 Å². The van der Waals surface area contributed by atoms with Crippen LogP contribution in [0.2, 0.25) is 6.04 Å². The van der Waals surface area contributed by atoms with Crippen molar-refractivity contribution in [3.63, 3.8) is 0 Å². The number of nitrogens with zero attached hydrogens (tertiary/aromatic N) is 1. The van der Waals surface area contributed by atoms with E-state index in [0.29, 0.717) is 0 Å². The van der Waals surface area contributed by atoms with Gasteiger partial charge in [0.1, 0.15) is 0 Å². The summed E-state index contributed by atoms with van der Waals surface area (Å²) >= 11 is 0. The van der Waals surface area contributed by atoms with Gasteiger partial charge in [-0.05, 0) is 97.0 Å². The van der Waals surface area contributed by atoms with E-state index in [-0.39, 0.29) is 0 Å². The molecule has 2 N–H and O–H groups in total. The van der Waals surface area contributed by atoms with Crippen LogP contribution in [0.4, 0.5) is 5.69 Å². The van der Waals surface area contributed by atoms with Crippen molar-refractivity contribution in [1.82, 2.24) is 10.6 Å². The average molecular weight is 428 g/mol. The van der Waals surface area contributed by atoms with Gasteiger partial charge in [0.25, 0.3) is 0 Å². The van der Waals surface area contributed by atoms with Crippen LogP contribution in [-0.2, 0) is 0 Å². The highest BCUT2D eigenvalue weighted by atomic mass is 28.2. The SMILES string of the molecule is c1ccc2cc3cc4c(ccc5cc6cccc(N7CC[Si]NN7)c6cc54)cc3cc2c1. The van der Waals surface area contributed by atoms with Gasteiger partial charge in [0.2, 0.25) is 0 Å². The Hall–Kier alpha value is -3.44. The van der Waals surface area contributed by atoms with Gasteiger partial charge in [0.05, 0.1) is 5.69 Å². The molecule has 152 valence electrons. The van der Waals surface area contributed by atoms with Crippen LogP contribution in [0.15, 0.2) is 91.0 Å². The lowest BCUT2D eigenvalue weighted by molar-refractivity contribution is 0.590. The number of fused-ring (bicyclic) bond motifs is 6. The molecule has 7 rings (SSSR count). The van der Waals surface area contributed by atoms with Crippen molar-refractivity contribution in [2.45, 2.75) is 6.04 Å². The Balaban J connectivity index is 1.53. The number of rotatable bonds is 1. The van der Waals surface area contributed by atoms with E-state index in [1.807, 2.05) is 0 Å². The van der Waals surface area contributed by atoms with Crippen LogP contribution in [0, 0.1) is 0 Å². The summed E-state index contributed by atoms with van der Waals surface area (Å²) in [4.78, 5) is 0. The molecule has 1 aliphatic rings. The summed E-state index contributed by atoms with van der Waals surface area (Å²) in [5, 5.41) is 18.5. The van der Waals surface area contributed by atoms with Crippen molar-refractivity contribution < 1.29 is 0 Å². The third-order valence-corrected chi connectivity index (χ3v) is 7.43. The second-order valence-corrected chi connectivity index (χ2v) is 9.68. The van der Waals surface area contributed by atoms with Crippen LogP contribution in [0.1, 0.15) is 0 Å². The fraction of sp³-hybridized carbons (Fsp3) is 0.0714. The van der Waals surface area contributed by atoms with Crippen molar-refractivity contribution in [2.75, 3.05) is 11.6 Å². The smallest absolute Gasteiger partial charge is 0.162 e. The van der Waals surface area contributed by atoms with Gasteiger partial charge in [-0.3, -0.25) is 10.1 Å². The third-order valence-electron chi connectivity index (χ3n) is 6.66. The monoisotopic (exact) mass is 427 g/mol. The van der Waals surface area contributed by atoms with E-state index in [0.717, 1.165) is 22.3 Å². The molecule has 2 radical (unpaired) electrons. The van der Waals surface area contributed by atoms with Gasteiger partial charge in [-0.15, -0.1) is 0 Å². The van der Waals surface area contributed by atoms with Crippen LogP contribution in [0.25, 0.3) is 53.9 Å². The molecule has 6 aromatic carbocycles. The Morgan fingerprint density at radius 1 is 0.562 bits per heavy atom. The largest absolute Gasteiger partial charge is 0.295 e. The maximum atomic E-state index is 3.35. The maximum absolute atomic E-state index is 3.35. The van der Waals surface area contributed by atoms with E-state index in [2.05, 4.69) is 107 Å². The zero-order valence-corrected chi connectivity index (χ0v) is 18.5. The molecule has 0 saturated carbocycles. The Kier molecular flexibility index (Phi) is 3.99. The normalized spacial score (nSPS) is 14.8. The van der Waals surface area contributed by atoms with E-state index in [1.165, 1.54) is 59.5 Å². The number of nitrogens with one attached hydrogen (secondary N) is 2. The second-order valence-electron chi connectivity index (χ2n) is 8.57. The lowest BCUT2D eigenvalue weighted by Crippen LogP contribution is -2.54. The van der Waals surface area contributed by atoms with Crippen LogP contribution in [-0.4, -0.2) is 16.2 Å². The molecule has 0 bridgehead atoms. The van der Waals surface area contributed by atoms with Gasteiger partial charge in [-0.2, -0.15) is 5.53 Å².